The molecule has 1 heterocycles. The van der Waals surface area contributed by atoms with Crippen molar-refractivity contribution in [3.63, 3.8) is 0 Å². The van der Waals surface area contributed by atoms with Crippen molar-refractivity contribution in [2.24, 2.45) is 17.8 Å². The number of aliphatic hydroxyl groups is 1. The van der Waals surface area contributed by atoms with Crippen molar-refractivity contribution in [2.45, 2.75) is 76.7 Å². The van der Waals surface area contributed by atoms with Crippen LogP contribution in [0.25, 0.3) is 0 Å². The number of carboxylic acid groups (broad SMARTS) is 1. The third-order valence-corrected chi connectivity index (χ3v) is 5.72. The summed E-state index contributed by atoms with van der Waals surface area (Å²) in [5.41, 5.74) is 0. The first-order valence-electron chi connectivity index (χ1n) is 9.79. The average Bonchev–Trinajstić information content (AvgIpc) is 3.03. The molecule has 2 rings (SSSR count). The number of carbonyl (C=O) groups is 1. The molecule has 1 aliphatic carbocycles. The van der Waals surface area contributed by atoms with Gasteiger partial charge in [-0.05, 0) is 62.7 Å². The first-order valence-corrected chi connectivity index (χ1v) is 9.79. The van der Waals surface area contributed by atoms with Crippen LogP contribution in [0.1, 0.15) is 70.6 Å². The fourth-order valence-corrected chi connectivity index (χ4v) is 4.12. The predicted molar refractivity (Wildman–Crippen MR) is 94.9 cm³/mol. The van der Waals surface area contributed by atoms with Gasteiger partial charge in [-0.25, -0.2) is 0 Å². The van der Waals surface area contributed by atoms with Gasteiger partial charge in [-0.15, -0.1) is 0 Å². The zero-order valence-corrected chi connectivity index (χ0v) is 14.9. The van der Waals surface area contributed by atoms with Gasteiger partial charge >= 0.3 is 5.97 Å². The van der Waals surface area contributed by atoms with E-state index >= 15 is 0 Å². The Morgan fingerprint density at radius 1 is 1.12 bits per heavy atom. The van der Waals surface area contributed by atoms with Gasteiger partial charge in [0.25, 0.3) is 0 Å². The van der Waals surface area contributed by atoms with Crippen molar-refractivity contribution >= 4 is 5.97 Å². The zero-order chi connectivity index (χ0) is 17.2. The highest BCUT2D eigenvalue weighted by Crippen LogP contribution is 2.32. The van der Waals surface area contributed by atoms with E-state index in [1.54, 1.807) is 0 Å². The van der Waals surface area contributed by atoms with Crippen molar-refractivity contribution in [3.8, 4) is 0 Å². The molecule has 2 N–H and O–H groups in total. The Kier molecular flexibility index (Phi) is 8.82. The summed E-state index contributed by atoms with van der Waals surface area (Å²) in [4.78, 5) is 10.5. The van der Waals surface area contributed by atoms with Gasteiger partial charge in [-0.2, -0.15) is 0 Å². The third-order valence-electron chi connectivity index (χ3n) is 5.72. The largest absolute Gasteiger partial charge is 0.481 e. The summed E-state index contributed by atoms with van der Waals surface area (Å²) in [6, 6.07) is 0. The Labute approximate surface area is 146 Å². The second-order valence-corrected chi connectivity index (χ2v) is 7.59. The molecule has 3 atom stereocenters. The maximum Gasteiger partial charge on any atom is 0.303 e. The summed E-state index contributed by atoms with van der Waals surface area (Å²) in [6.45, 7) is 1.65. The fraction of sp³-hybridized carbons (Fsp3) is 0.850. The molecule has 1 unspecified atom stereocenters. The van der Waals surface area contributed by atoms with Crippen LogP contribution < -0.4 is 0 Å². The minimum Gasteiger partial charge on any atom is -0.481 e. The van der Waals surface area contributed by atoms with E-state index < -0.39 is 5.97 Å². The van der Waals surface area contributed by atoms with E-state index in [1.165, 1.54) is 32.1 Å². The van der Waals surface area contributed by atoms with Crippen LogP contribution in [-0.4, -0.2) is 35.5 Å². The Morgan fingerprint density at radius 2 is 1.88 bits per heavy atom. The van der Waals surface area contributed by atoms with Crippen LogP contribution in [0.3, 0.4) is 0 Å². The highest BCUT2D eigenvalue weighted by Gasteiger charge is 2.29. The van der Waals surface area contributed by atoms with E-state index in [0.717, 1.165) is 38.9 Å². The number of carboxylic acids is 1. The van der Waals surface area contributed by atoms with Gasteiger partial charge in [0.15, 0.2) is 0 Å². The van der Waals surface area contributed by atoms with Gasteiger partial charge in [0.05, 0.1) is 12.7 Å². The van der Waals surface area contributed by atoms with Crippen LogP contribution in [0.15, 0.2) is 12.2 Å². The average molecular weight is 338 g/mol. The highest BCUT2D eigenvalue weighted by molar-refractivity contribution is 5.66. The SMILES string of the molecule is O=C(O)CCC/C=C\C[C@H]1COC[C@@H]1CCC(O)C1CCCCC1. The number of hydrogen-bond donors (Lipinski definition) is 2. The number of allylic oxidation sites excluding steroid dienone is 2. The van der Waals surface area contributed by atoms with Gasteiger partial charge in [0, 0.05) is 13.0 Å². The van der Waals surface area contributed by atoms with Crippen molar-refractivity contribution < 1.29 is 19.7 Å². The molecule has 2 fully saturated rings. The van der Waals surface area contributed by atoms with Crippen LogP contribution in [0.4, 0.5) is 0 Å². The summed E-state index contributed by atoms with van der Waals surface area (Å²) in [5, 5.41) is 19.1. The van der Waals surface area contributed by atoms with E-state index in [4.69, 9.17) is 9.84 Å². The number of aliphatic carboxylic acids is 1. The third kappa shape index (κ3) is 6.94. The minimum atomic E-state index is -0.718. The molecule has 0 radical (unpaired) electrons. The molecule has 24 heavy (non-hydrogen) atoms. The van der Waals surface area contributed by atoms with Crippen LogP contribution in [0.5, 0.6) is 0 Å². The molecule has 138 valence electrons. The molecule has 1 saturated carbocycles. The minimum absolute atomic E-state index is 0.127. The predicted octanol–water partition coefficient (Wildman–Crippen LogP) is 4.17. The lowest BCUT2D eigenvalue weighted by molar-refractivity contribution is -0.137. The van der Waals surface area contributed by atoms with Crippen molar-refractivity contribution in [2.75, 3.05) is 13.2 Å². The standard InChI is InChI=1S/C20H34O4/c21-19(16-8-5-3-6-9-16)13-12-18-15-24-14-17(18)10-4-1-2-7-11-20(22)23/h1,4,16-19,21H,2-3,5-15H2,(H,22,23)/b4-1-/t17-,18-,19?/m0/s1. The van der Waals surface area contributed by atoms with Crippen LogP contribution in [0, 0.1) is 17.8 Å². The Hall–Kier alpha value is -0.870. The van der Waals surface area contributed by atoms with Gasteiger partial charge in [-0.3, -0.25) is 4.79 Å². The van der Waals surface area contributed by atoms with E-state index in [2.05, 4.69) is 12.2 Å². The number of unbranched alkanes of at least 4 members (excludes halogenated alkanes) is 1. The molecular formula is C20H34O4. The Morgan fingerprint density at radius 3 is 2.62 bits per heavy atom. The Bertz CT molecular complexity index is 387. The van der Waals surface area contributed by atoms with Crippen LogP contribution in [-0.2, 0) is 9.53 Å². The van der Waals surface area contributed by atoms with Crippen molar-refractivity contribution in [3.05, 3.63) is 12.2 Å². The maximum absolute atomic E-state index is 10.5. The lowest BCUT2D eigenvalue weighted by Gasteiger charge is -2.27. The maximum atomic E-state index is 10.5. The monoisotopic (exact) mass is 338 g/mol. The Balaban J connectivity index is 1.63. The molecule has 0 aromatic rings. The second-order valence-electron chi connectivity index (χ2n) is 7.59. The first-order chi connectivity index (χ1) is 11.7. The summed E-state index contributed by atoms with van der Waals surface area (Å²) >= 11 is 0. The fourth-order valence-electron chi connectivity index (χ4n) is 4.12. The number of ether oxygens (including phenoxy) is 1. The van der Waals surface area contributed by atoms with E-state index in [-0.39, 0.29) is 12.5 Å². The normalized spacial score (nSPS) is 26.9. The van der Waals surface area contributed by atoms with Gasteiger partial charge < -0.3 is 14.9 Å². The molecule has 0 spiro atoms. The topological polar surface area (TPSA) is 66.8 Å². The molecule has 0 aromatic carbocycles. The highest BCUT2D eigenvalue weighted by atomic mass is 16.5. The van der Waals surface area contributed by atoms with Crippen molar-refractivity contribution in [1.82, 2.24) is 0 Å². The van der Waals surface area contributed by atoms with Crippen LogP contribution >= 0.6 is 0 Å². The molecule has 4 nitrogen and oxygen atoms in total. The van der Waals surface area contributed by atoms with E-state index in [1.807, 2.05) is 0 Å². The molecule has 1 saturated heterocycles. The molecule has 0 aromatic heterocycles. The molecule has 0 bridgehead atoms. The summed E-state index contributed by atoms with van der Waals surface area (Å²) in [6.07, 6.45) is 15.3. The molecule has 4 heteroatoms. The molecule has 1 aliphatic heterocycles. The molecular weight excluding hydrogens is 304 g/mol. The lowest BCUT2D eigenvalue weighted by atomic mass is 9.81. The lowest BCUT2D eigenvalue weighted by Crippen LogP contribution is -2.24. The van der Waals surface area contributed by atoms with Gasteiger partial charge in [0.1, 0.15) is 0 Å². The zero-order valence-electron chi connectivity index (χ0n) is 14.9. The van der Waals surface area contributed by atoms with Gasteiger partial charge in [0.2, 0.25) is 0 Å². The number of rotatable bonds is 10. The quantitative estimate of drug-likeness (QED) is 0.463. The number of aliphatic hydroxyl groups excluding tert-OH is 1. The molecule has 0 amide bonds. The smallest absolute Gasteiger partial charge is 0.303 e. The van der Waals surface area contributed by atoms with Crippen LogP contribution in [0.2, 0.25) is 0 Å². The second kappa shape index (κ2) is 10.9. The van der Waals surface area contributed by atoms with E-state index in [9.17, 15) is 9.90 Å². The van der Waals surface area contributed by atoms with Crippen molar-refractivity contribution in [1.29, 1.82) is 0 Å². The first kappa shape index (κ1) is 19.5. The molecule has 2 aliphatic rings. The summed E-state index contributed by atoms with van der Waals surface area (Å²) < 4.78 is 5.66. The number of hydrogen-bond acceptors (Lipinski definition) is 3. The van der Waals surface area contributed by atoms with Gasteiger partial charge in [-0.1, -0.05) is 31.4 Å². The summed E-state index contributed by atoms with van der Waals surface area (Å²) in [7, 11) is 0. The summed E-state index contributed by atoms with van der Waals surface area (Å²) in [5.74, 6) is 0.920. The van der Waals surface area contributed by atoms with E-state index in [0.29, 0.717) is 24.2 Å².